The third kappa shape index (κ3) is 1.48. The van der Waals surface area contributed by atoms with Crippen LogP contribution in [0.2, 0.25) is 0 Å². The molecular weight excluding hydrogens is 248 g/mol. The molecular formula is C12H18N4O3. The number of nitrogens with one attached hydrogen (secondary N) is 1. The monoisotopic (exact) mass is 266 g/mol. The van der Waals surface area contributed by atoms with Gasteiger partial charge in [-0.3, -0.25) is 10.1 Å². The van der Waals surface area contributed by atoms with E-state index in [-0.39, 0.29) is 23.9 Å². The van der Waals surface area contributed by atoms with E-state index in [0.29, 0.717) is 12.5 Å². The second-order valence-corrected chi connectivity index (χ2v) is 5.86. The smallest absolute Gasteiger partial charge is 0.322 e. The van der Waals surface area contributed by atoms with E-state index in [0.717, 1.165) is 6.42 Å². The molecule has 2 heterocycles. The fourth-order valence-corrected chi connectivity index (χ4v) is 3.39. The maximum Gasteiger partial charge on any atom is 0.322 e. The number of aromatic nitrogens is 2. The number of carbonyl (C=O) groups excluding carboxylic acids is 1. The van der Waals surface area contributed by atoms with Gasteiger partial charge in [-0.2, -0.15) is 0 Å². The van der Waals surface area contributed by atoms with Crippen molar-refractivity contribution in [2.45, 2.75) is 38.8 Å². The lowest BCUT2D eigenvalue weighted by atomic mass is 9.48. The van der Waals surface area contributed by atoms with E-state index in [1.54, 1.807) is 6.92 Å². The number of amides is 1. The first-order valence-electron chi connectivity index (χ1n) is 6.39. The molecule has 2 aliphatic rings. The Hall–Kier alpha value is -1.47. The molecule has 7 heteroatoms. The van der Waals surface area contributed by atoms with Crippen molar-refractivity contribution in [3.05, 3.63) is 5.89 Å². The van der Waals surface area contributed by atoms with Crippen LogP contribution in [0.5, 0.6) is 0 Å². The Bertz CT molecular complexity index is 527. The van der Waals surface area contributed by atoms with Gasteiger partial charge in [-0.25, -0.2) is 0 Å². The van der Waals surface area contributed by atoms with E-state index in [1.807, 2.05) is 13.8 Å². The molecule has 3 unspecified atom stereocenters. The van der Waals surface area contributed by atoms with Crippen LogP contribution in [0.1, 0.15) is 26.2 Å². The number of ether oxygens (including phenoxy) is 1. The summed E-state index contributed by atoms with van der Waals surface area (Å²) in [6.07, 6.45) is 0.855. The largest absolute Gasteiger partial charge is 0.408 e. The molecule has 1 aliphatic heterocycles. The standard InChI is InChI=1S/C12H18N4O3/c1-6-15-16-10(19-6)14-9(17)12(13)7-4-5-18-8(7)11(12,2)3/h7-8H,4-5,13H2,1-3H3,(H,14,16,17). The highest BCUT2D eigenvalue weighted by Gasteiger charge is 2.71. The normalized spacial score (nSPS) is 35.6. The van der Waals surface area contributed by atoms with Crippen molar-refractivity contribution in [2.24, 2.45) is 17.1 Å². The molecule has 3 atom stereocenters. The summed E-state index contributed by atoms with van der Waals surface area (Å²) in [6, 6.07) is 0.0884. The van der Waals surface area contributed by atoms with Crippen molar-refractivity contribution in [3.8, 4) is 0 Å². The van der Waals surface area contributed by atoms with Crippen LogP contribution in [0.25, 0.3) is 0 Å². The van der Waals surface area contributed by atoms with Gasteiger partial charge in [0.05, 0.1) is 6.10 Å². The van der Waals surface area contributed by atoms with Crippen molar-refractivity contribution < 1.29 is 13.9 Å². The lowest BCUT2D eigenvalue weighted by molar-refractivity contribution is -0.171. The quantitative estimate of drug-likeness (QED) is 0.806. The predicted octanol–water partition coefficient (Wildman–Crippen LogP) is 0.459. The third-order valence-electron chi connectivity index (χ3n) is 4.58. The number of anilines is 1. The molecule has 2 fully saturated rings. The van der Waals surface area contributed by atoms with Gasteiger partial charge in [-0.1, -0.05) is 18.9 Å². The Morgan fingerprint density at radius 1 is 1.47 bits per heavy atom. The predicted molar refractivity (Wildman–Crippen MR) is 66.2 cm³/mol. The molecule has 7 nitrogen and oxygen atoms in total. The maximum atomic E-state index is 12.5. The Balaban J connectivity index is 1.82. The van der Waals surface area contributed by atoms with Gasteiger partial charge < -0.3 is 14.9 Å². The van der Waals surface area contributed by atoms with Gasteiger partial charge in [0.1, 0.15) is 5.54 Å². The van der Waals surface area contributed by atoms with Gasteiger partial charge in [0.25, 0.3) is 0 Å². The summed E-state index contributed by atoms with van der Waals surface area (Å²) in [7, 11) is 0. The van der Waals surface area contributed by atoms with Gasteiger partial charge in [0, 0.05) is 24.9 Å². The van der Waals surface area contributed by atoms with Gasteiger partial charge in [0.2, 0.25) is 11.8 Å². The highest BCUT2D eigenvalue weighted by Crippen LogP contribution is 2.58. The van der Waals surface area contributed by atoms with Crippen molar-refractivity contribution >= 4 is 11.9 Å². The van der Waals surface area contributed by atoms with Crippen LogP contribution in [-0.4, -0.2) is 34.4 Å². The van der Waals surface area contributed by atoms with E-state index < -0.39 is 11.0 Å². The summed E-state index contributed by atoms with van der Waals surface area (Å²) in [4.78, 5) is 12.5. The van der Waals surface area contributed by atoms with E-state index in [9.17, 15) is 4.79 Å². The Kier molecular flexibility index (Phi) is 2.49. The minimum absolute atomic E-state index is 0.0477. The molecule has 0 spiro atoms. The number of aryl methyl sites for hydroxylation is 1. The first kappa shape index (κ1) is 12.6. The van der Waals surface area contributed by atoms with Crippen molar-refractivity contribution in [1.82, 2.24) is 10.2 Å². The fourth-order valence-electron chi connectivity index (χ4n) is 3.39. The summed E-state index contributed by atoms with van der Waals surface area (Å²) >= 11 is 0. The second kappa shape index (κ2) is 3.77. The summed E-state index contributed by atoms with van der Waals surface area (Å²) in [5.41, 5.74) is 5.01. The molecule has 0 bridgehead atoms. The molecule has 1 amide bonds. The molecule has 1 saturated carbocycles. The summed E-state index contributed by atoms with van der Waals surface area (Å²) in [6.45, 7) is 6.23. The van der Waals surface area contributed by atoms with Gasteiger partial charge in [-0.05, 0) is 6.42 Å². The molecule has 19 heavy (non-hydrogen) atoms. The van der Waals surface area contributed by atoms with E-state index >= 15 is 0 Å². The van der Waals surface area contributed by atoms with Crippen molar-refractivity contribution in [1.29, 1.82) is 0 Å². The zero-order valence-electron chi connectivity index (χ0n) is 11.3. The van der Waals surface area contributed by atoms with Crippen LogP contribution in [-0.2, 0) is 9.53 Å². The number of fused-ring (bicyclic) bond motifs is 1. The molecule has 3 N–H and O–H groups in total. The lowest BCUT2D eigenvalue weighted by Gasteiger charge is -2.60. The maximum absolute atomic E-state index is 12.5. The molecule has 1 aromatic rings. The number of hydrogen-bond acceptors (Lipinski definition) is 6. The van der Waals surface area contributed by atoms with Crippen LogP contribution >= 0.6 is 0 Å². The summed E-state index contributed by atoms with van der Waals surface area (Å²) in [5.74, 6) is 0.163. The van der Waals surface area contributed by atoms with Crippen LogP contribution in [0.15, 0.2) is 4.42 Å². The highest BCUT2D eigenvalue weighted by molar-refractivity contribution is 5.98. The Morgan fingerprint density at radius 3 is 2.84 bits per heavy atom. The zero-order chi connectivity index (χ0) is 13.8. The Morgan fingerprint density at radius 2 is 2.21 bits per heavy atom. The van der Waals surface area contributed by atoms with E-state index in [4.69, 9.17) is 14.9 Å². The molecule has 1 saturated heterocycles. The van der Waals surface area contributed by atoms with E-state index in [1.165, 1.54) is 0 Å². The van der Waals surface area contributed by atoms with Gasteiger partial charge in [0.15, 0.2) is 0 Å². The number of nitrogens with zero attached hydrogens (tertiary/aromatic N) is 2. The zero-order valence-corrected chi connectivity index (χ0v) is 11.3. The SMILES string of the molecule is Cc1nnc(NC(=O)C2(N)C3CCOC3C2(C)C)o1. The lowest BCUT2D eigenvalue weighted by Crippen LogP contribution is -2.79. The number of hydrogen-bond donors (Lipinski definition) is 2. The summed E-state index contributed by atoms with van der Waals surface area (Å²) in [5, 5.41) is 10.0. The average molecular weight is 266 g/mol. The molecule has 3 rings (SSSR count). The minimum atomic E-state index is -0.962. The number of rotatable bonds is 2. The molecule has 104 valence electrons. The molecule has 1 aliphatic carbocycles. The number of nitrogens with two attached hydrogens (primary N) is 1. The third-order valence-corrected chi connectivity index (χ3v) is 4.58. The first-order chi connectivity index (χ1) is 8.87. The van der Waals surface area contributed by atoms with Crippen LogP contribution in [0.3, 0.4) is 0 Å². The number of carbonyl (C=O) groups is 1. The van der Waals surface area contributed by atoms with Gasteiger partial charge in [-0.15, -0.1) is 5.10 Å². The van der Waals surface area contributed by atoms with Crippen molar-refractivity contribution in [2.75, 3.05) is 11.9 Å². The van der Waals surface area contributed by atoms with Crippen LogP contribution in [0, 0.1) is 18.3 Å². The fraction of sp³-hybridized carbons (Fsp3) is 0.750. The first-order valence-corrected chi connectivity index (χ1v) is 6.39. The topological polar surface area (TPSA) is 103 Å². The molecule has 0 radical (unpaired) electrons. The summed E-state index contributed by atoms with van der Waals surface area (Å²) < 4.78 is 10.8. The molecule has 0 aromatic carbocycles. The van der Waals surface area contributed by atoms with Gasteiger partial charge >= 0.3 is 6.01 Å². The average Bonchev–Trinajstić information content (AvgIpc) is 2.96. The van der Waals surface area contributed by atoms with Crippen LogP contribution in [0.4, 0.5) is 6.01 Å². The minimum Gasteiger partial charge on any atom is -0.408 e. The molecule has 1 aromatic heterocycles. The van der Waals surface area contributed by atoms with Crippen molar-refractivity contribution in [3.63, 3.8) is 0 Å². The van der Waals surface area contributed by atoms with Crippen LogP contribution < -0.4 is 11.1 Å². The Labute approximate surface area is 110 Å². The highest BCUT2D eigenvalue weighted by atomic mass is 16.5. The van der Waals surface area contributed by atoms with E-state index in [2.05, 4.69) is 15.5 Å². The second-order valence-electron chi connectivity index (χ2n) is 5.86.